The number of rotatable bonds is 5. The van der Waals surface area contributed by atoms with Crippen molar-refractivity contribution in [1.82, 2.24) is 15.0 Å². The standard InChI is InChI=1S/C23H21ClN4O2/c1-15-13-20-21(27-28(26-20)17-7-5-4-6-8-17)14-19(15)25-22(29)23(2,3)30-18-11-9-16(24)10-12-18/h4-14H,1-3H3,(H,25,29). The van der Waals surface area contributed by atoms with Gasteiger partial charge in [-0.3, -0.25) is 4.79 Å². The van der Waals surface area contributed by atoms with Gasteiger partial charge in [-0.2, -0.15) is 4.80 Å². The molecule has 1 N–H and O–H groups in total. The molecule has 30 heavy (non-hydrogen) atoms. The number of nitrogens with zero attached hydrogens (tertiary/aromatic N) is 3. The van der Waals surface area contributed by atoms with Crippen LogP contribution in [0.1, 0.15) is 19.4 Å². The summed E-state index contributed by atoms with van der Waals surface area (Å²) in [5, 5.41) is 12.6. The van der Waals surface area contributed by atoms with E-state index in [9.17, 15) is 4.79 Å². The molecule has 0 aliphatic carbocycles. The summed E-state index contributed by atoms with van der Waals surface area (Å²) in [6.07, 6.45) is 0. The Bertz CT molecular complexity index is 1200. The Morgan fingerprint density at radius 1 is 1.00 bits per heavy atom. The van der Waals surface area contributed by atoms with Crippen LogP contribution in [0.25, 0.3) is 16.7 Å². The van der Waals surface area contributed by atoms with Crippen LogP contribution in [0.4, 0.5) is 5.69 Å². The van der Waals surface area contributed by atoms with Gasteiger partial charge < -0.3 is 10.1 Å². The van der Waals surface area contributed by atoms with Gasteiger partial charge in [0, 0.05) is 10.7 Å². The zero-order valence-electron chi connectivity index (χ0n) is 16.9. The van der Waals surface area contributed by atoms with Gasteiger partial charge in [-0.15, -0.1) is 10.2 Å². The van der Waals surface area contributed by atoms with Gasteiger partial charge in [-0.1, -0.05) is 29.8 Å². The number of anilines is 1. The molecule has 0 spiro atoms. The van der Waals surface area contributed by atoms with Gasteiger partial charge in [0.1, 0.15) is 16.8 Å². The third-order valence-corrected chi connectivity index (χ3v) is 4.95. The third kappa shape index (κ3) is 4.14. The van der Waals surface area contributed by atoms with Gasteiger partial charge in [0.15, 0.2) is 5.60 Å². The molecule has 0 aliphatic heterocycles. The number of nitrogens with one attached hydrogen (secondary N) is 1. The van der Waals surface area contributed by atoms with E-state index in [0.717, 1.165) is 16.8 Å². The Labute approximate surface area is 179 Å². The van der Waals surface area contributed by atoms with E-state index in [4.69, 9.17) is 16.3 Å². The van der Waals surface area contributed by atoms with Gasteiger partial charge in [0.2, 0.25) is 0 Å². The van der Waals surface area contributed by atoms with E-state index in [-0.39, 0.29) is 5.91 Å². The molecule has 0 fully saturated rings. The molecule has 0 aliphatic rings. The zero-order valence-corrected chi connectivity index (χ0v) is 17.6. The predicted molar refractivity (Wildman–Crippen MR) is 118 cm³/mol. The van der Waals surface area contributed by atoms with Crippen LogP contribution in [-0.4, -0.2) is 26.5 Å². The van der Waals surface area contributed by atoms with Crippen molar-refractivity contribution in [2.75, 3.05) is 5.32 Å². The monoisotopic (exact) mass is 420 g/mol. The summed E-state index contributed by atoms with van der Waals surface area (Å²) in [7, 11) is 0. The molecule has 0 saturated heterocycles. The van der Waals surface area contributed by atoms with Crippen LogP contribution in [-0.2, 0) is 4.79 Å². The van der Waals surface area contributed by atoms with Crippen molar-refractivity contribution in [2.24, 2.45) is 0 Å². The lowest BCUT2D eigenvalue weighted by molar-refractivity contribution is -0.128. The number of carbonyl (C=O) groups excluding carboxylic acids is 1. The van der Waals surface area contributed by atoms with Gasteiger partial charge in [-0.25, -0.2) is 0 Å². The van der Waals surface area contributed by atoms with E-state index >= 15 is 0 Å². The number of para-hydroxylation sites is 1. The van der Waals surface area contributed by atoms with Crippen LogP contribution in [0, 0.1) is 6.92 Å². The Balaban J connectivity index is 1.57. The van der Waals surface area contributed by atoms with Gasteiger partial charge in [0.05, 0.1) is 5.69 Å². The Hall–Kier alpha value is -3.38. The van der Waals surface area contributed by atoms with Crippen molar-refractivity contribution in [2.45, 2.75) is 26.4 Å². The molecular weight excluding hydrogens is 400 g/mol. The minimum atomic E-state index is -1.09. The van der Waals surface area contributed by atoms with E-state index in [2.05, 4.69) is 15.5 Å². The Morgan fingerprint density at radius 3 is 2.30 bits per heavy atom. The number of hydrogen-bond donors (Lipinski definition) is 1. The molecule has 4 rings (SSSR count). The SMILES string of the molecule is Cc1cc2nn(-c3ccccc3)nc2cc1NC(=O)C(C)(C)Oc1ccc(Cl)cc1. The van der Waals surface area contributed by atoms with Crippen LogP contribution >= 0.6 is 11.6 Å². The average Bonchev–Trinajstić information content (AvgIpc) is 3.13. The molecule has 1 aromatic heterocycles. The van der Waals surface area contributed by atoms with E-state index in [1.807, 2.05) is 49.4 Å². The highest BCUT2D eigenvalue weighted by Gasteiger charge is 2.30. The first-order valence-electron chi connectivity index (χ1n) is 9.51. The number of halogens is 1. The number of aromatic nitrogens is 3. The smallest absolute Gasteiger partial charge is 0.267 e. The van der Waals surface area contributed by atoms with Crippen LogP contribution in [0.5, 0.6) is 5.75 Å². The highest BCUT2D eigenvalue weighted by Crippen LogP contribution is 2.25. The molecule has 0 radical (unpaired) electrons. The van der Waals surface area contributed by atoms with Crippen LogP contribution < -0.4 is 10.1 Å². The molecule has 0 saturated carbocycles. The summed E-state index contributed by atoms with van der Waals surface area (Å²) in [4.78, 5) is 14.5. The number of benzene rings is 3. The summed E-state index contributed by atoms with van der Waals surface area (Å²) in [5.74, 6) is 0.299. The van der Waals surface area contributed by atoms with Gasteiger partial charge in [0.25, 0.3) is 5.91 Å². The molecule has 4 aromatic rings. The van der Waals surface area contributed by atoms with Crippen molar-refractivity contribution in [3.8, 4) is 11.4 Å². The average molecular weight is 421 g/mol. The minimum Gasteiger partial charge on any atom is -0.478 e. The lowest BCUT2D eigenvalue weighted by Gasteiger charge is -2.25. The normalized spacial score (nSPS) is 11.5. The van der Waals surface area contributed by atoms with Crippen molar-refractivity contribution in [3.63, 3.8) is 0 Å². The van der Waals surface area contributed by atoms with E-state index < -0.39 is 5.60 Å². The molecule has 152 valence electrons. The molecule has 3 aromatic carbocycles. The maximum Gasteiger partial charge on any atom is 0.267 e. The molecule has 0 unspecified atom stereocenters. The van der Waals surface area contributed by atoms with Gasteiger partial charge >= 0.3 is 0 Å². The summed E-state index contributed by atoms with van der Waals surface area (Å²) < 4.78 is 5.88. The van der Waals surface area contributed by atoms with Gasteiger partial charge in [-0.05, 0) is 74.9 Å². The topological polar surface area (TPSA) is 69.0 Å². The van der Waals surface area contributed by atoms with Crippen LogP contribution in [0.3, 0.4) is 0 Å². The molecular formula is C23H21ClN4O2. The van der Waals surface area contributed by atoms with E-state index in [0.29, 0.717) is 22.0 Å². The fraction of sp³-hybridized carbons (Fsp3) is 0.174. The Kier molecular flexibility index (Phi) is 5.18. The fourth-order valence-corrected chi connectivity index (χ4v) is 3.12. The largest absolute Gasteiger partial charge is 0.478 e. The molecule has 0 atom stereocenters. The number of hydrogen-bond acceptors (Lipinski definition) is 4. The van der Waals surface area contributed by atoms with Crippen LogP contribution in [0.15, 0.2) is 66.7 Å². The molecule has 0 bridgehead atoms. The fourth-order valence-electron chi connectivity index (χ4n) is 3.00. The summed E-state index contributed by atoms with van der Waals surface area (Å²) in [6.45, 7) is 5.36. The van der Waals surface area contributed by atoms with Crippen molar-refractivity contribution in [3.05, 3.63) is 77.3 Å². The summed E-state index contributed by atoms with van der Waals surface area (Å²) in [5.41, 5.74) is 2.78. The highest BCUT2D eigenvalue weighted by atomic mass is 35.5. The van der Waals surface area contributed by atoms with Crippen LogP contribution in [0.2, 0.25) is 5.02 Å². The second-order valence-corrected chi connectivity index (χ2v) is 7.94. The first kappa shape index (κ1) is 19.9. The highest BCUT2D eigenvalue weighted by molar-refractivity contribution is 6.30. The van der Waals surface area contributed by atoms with E-state index in [1.165, 1.54) is 0 Å². The van der Waals surface area contributed by atoms with Crippen molar-refractivity contribution in [1.29, 1.82) is 0 Å². The summed E-state index contributed by atoms with van der Waals surface area (Å²) in [6, 6.07) is 20.3. The van der Waals surface area contributed by atoms with Crippen molar-refractivity contribution < 1.29 is 9.53 Å². The lowest BCUT2D eigenvalue weighted by atomic mass is 10.1. The zero-order chi connectivity index (χ0) is 21.3. The number of aryl methyl sites for hydroxylation is 1. The van der Waals surface area contributed by atoms with Crippen molar-refractivity contribution >= 4 is 34.2 Å². The maximum atomic E-state index is 12.9. The maximum absolute atomic E-state index is 12.9. The third-order valence-electron chi connectivity index (χ3n) is 4.70. The number of amides is 1. The quantitative estimate of drug-likeness (QED) is 0.483. The second kappa shape index (κ2) is 7.80. The number of ether oxygens (including phenoxy) is 1. The Morgan fingerprint density at radius 2 is 1.63 bits per heavy atom. The molecule has 7 heteroatoms. The second-order valence-electron chi connectivity index (χ2n) is 7.50. The first-order valence-corrected chi connectivity index (χ1v) is 9.89. The predicted octanol–water partition coefficient (Wildman–Crippen LogP) is 5.18. The number of fused-ring (bicyclic) bond motifs is 1. The molecule has 1 heterocycles. The lowest BCUT2D eigenvalue weighted by Crippen LogP contribution is -2.42. The first-order chi connectivity index (χ1) is 14.3. The van der Waals surface area contributed by atoms with E-state index in [1.54, 1.807) is 42.9 Å². The minimum absolute atomic E-state index is 0.268. The summed E-state index contributed by atoms with van der Waals surface area (Å²) >= 11 is 5.91. The molecule has 1 amide bonds. The number of carbonyl (C=O) groups is 1. The molecule has 6 nitrogen and oxygen atoms in total.